The number of nitrogens with zero attached hydrogens (tertiary/aromatic N) is 1. The minimum absolute atomic E-state index is 0.235. The van der Waals surface area contributed by atoms with Crippen molar-refractivity contribution in [2.45, 2.75) is 61.0 Å². The fraction of sp³-hybridized carbons (Fsp3) is 1.00. The molecule has 1 atom stereocenters. The van der Waals surface area contributed by atoms with E-state index in [1.54, 1.807) is 0 Å². The zero-order chi connectivity index (χ0) is 14.5. The van der Waals surface area contributed by atoms with E-state index in [0.29, 0.717) is 19.3 Å². The molecule has 0 N–H and O–H groups in total. The quantitative estimate of drug-likeness (QED) is 0.474. The zero-order valence-corrected chi connectivity index (χ0v) is 14.2. The molecule has 0 amide bonds. The molecule has 1 saturated heterocycles. The van der Waals surface area contributed by atoms with Crippen LogP contribution >= 0.6 is 22.6 Å². The number of unbranched alkanes of at least 4 members (excludes halogenated alkanes) is 1. The van der Waals surface area contributed by atoms with E-state index >= 15 is 0 Å². The summed E-state index contributed by atoms with van der Waals surface area (Å²) in [4.78, 5) is 0. The second kappa shape index (κ2) is 7.49. The molecule has 0 aromatic rings. The van der Waals surface area contributed by atoms with Crippen molar-refractivity contribution in [3.05, 3.63) is 0 Å². The summed E-state index contributed by atoms with van der Waals surface area (Å²) in [5.41, 5.74) is 0. The minimum Gasteiger partial charge on any atom is -0.206 e. The summed E-state index contributed by atoms with van der Waals surface area (Å²) in [6.45, 7) is 2.46. The molecule has 0 aromatic heterocycles. The van der Waals surface area contributed by atoms with Crippen molar-refractivity contribution in [1.29, 1.82) is 0 Å². The molecule has 1 rings (SSSR count). The lowest BCUT2D eigenvalue weighted by Gasteiger charge is -2.30. The molecule has 0 bridgehead atoms. The monoisotopic (exact) mass is 409 g/mol. The first-order chi connectivity index (χ1) is 8.81. The Bertz CT molecular complexity index is 370. The van der Waals surface area contributed by atoms with Gasteiger partial charge < -0.3 is 0 Å². The molecular formula is C12H22F2INO2S. The summed E-state index contributed by atoms with van der Waals surface area (Å²) < 4.78 is 52.7. The molecule has 0 radical (unpaired) electrons. The van der Waals surface area contributed by atoms with Gasteiger partial charge in [0.25, 0.3) is 10.0 Å². The number of hydrogen-bond acceptors (Lipinski definition) is 2. The lowest BCUT2D eigenvalue weighted by molar-refractivity contribution is 0.0726. The van der Waals surface area contributed by atoms with Crippen LogP contribution in [0.25, 0.3) is 0 Å². The summed E-state index contributed by atoms with van der Waals surface area (Å²) in [6, 6.07) is 0. The van der Waals surface area contributed by atoms with E-state index in [-0.39, 0.29) is 17.0 Å². The van der Waals surface area contributed by atoms with Gasteiger partial charge in [0.2, 0.25) is 0 Å². The van der Waals surface area contributed by atoms with Crippen LogP contribution in [0.5, 0.6) is 0 Å². The lowest BCUT2D eigenvalue weighted by Crippen LogP contribution is -2.46. The predicted octanol–water partition coefficient (Wildman–Crippen LogP) is 3.78. The van der Waals surface area contributed by atoms with Gasteiger partial charge in [0.1, 0.15) is 0 Å². The Morgan fingerprint density at radius 3 is 2.37 bits per heavy atom. The molecule has 0 spiro atoms. The van der Waals surface area contributed by atoms with E-state index in [1.807, 2.05) is 29.5 Å². The average molecular weight is 409 g/mol. The zero-order valence-electron chi connectivity index (χ0n) is 11.2. The van der Waals surface area contributed by atoms with E-state index < -0.39 is 21.7 Å². The molecule has 7 heteroatoms. The van der Waals surface area contributed by atoms with Crippen molar-refractivity contribution in [2.75, 3.05) is 13.1 Å². The first kappa shape index (κ1) is 17.6. The van der Waals surface area contributed by atoms with Gasteiger partial charge in [-0.1, -0.05) is 48.8 Å². The highest BCUT2D eigenvalue weighted by atomic mass is 127. The van der Waals surface area contributed by atoms with E-state index in [9.17, 15) is 17.2 Å². The topological polar surface area (TPSA) is 37.4 Å². The van der Waals surface area contributed by atoms with Crippen LogP contribution in [0.15, 0.2) is 0 Å². The largest absolute Gasteiger partial charge is 0.360 e. The van der Waals surface area contributed by atoms with Gasteiger partial charge in [-0.2, -0.15) is 13.1 Å². The van der Waals surface area contributed by atoms with Gasteiger partial charge in [0.15, 0.2) is 0 Å². The summed E-state index contributed by atoms with van der Waals surface area (Å²) in [5.74, 6) is 0. The van der Waals surface area contributed by atoms with Crippen molar-refractivity contribution < 1.29 is 17.2 Å². The van der Waals surface area contributed by atoms with Crippen LogP contribution in [0, 0.1) is 0 Å². The smallest absolute Gasteiger partial charge is 0.206 e. The maximum atomic E-state index is 14.0. The third-order valence-electron chi connectivity index (χ3n) is 3.36. The number of rotatable bonds is 7. The highest BCUT2D eigenvalue weighted by Crippen LogP contribution is 2.35. The molecule has 1 heterocycles. The summed E-state index contributed by atoms with van der Waals surface area (Å²) >= 11 is 1.94. The maximum absolute atomic E-state index is 14.0. The van der Waals surface area contributed by atoms with Gasteiger partial charge in [0, 0.05) is 23.4 Å². The van der Waals surface area contributed by atoms with Gasteiger partial charge in [-0.15, -0.1) is 0 Å². The number of halogens is 3. The van der Waals surface area contributed by atoms with Gasteiger partial charge >= 0.3 is 5.25 Å². The number of hydrogen-bond donors (Lipinski definition) is 0. The van der Waals surface area contributed by atoms with Crippen LogP contribution in [0.4, 0.5) is 8.78 Å². The molecule has 114 valence electrons. The fourth-order valence-corrected chi connectivity index (χ4v) is 5.01. The molecule has 19 heavy (non-hydrogen) atoms. The molecule has 3 nitrogen and oxygen atoms in total. The van der Waals surface area contributed by atoms with Crippen LogP contribution in [0.3, 0.4) is 0 Å². The molecule has 1 unspecified atom stereocenters. The van der Waals surface area contributed by atoms with Gasteiger partial charge in [-0.05, 0) is 19.3 Å². The Labute approximate surface area is 128 Å². The van der Waals surface area contributed by atoms with Crippen molar-refractivity contribution in [2.24, 2.45) is 0 Å². The molecule has 1 aliphatic rings. The van der Waals surface area contributed by atoms with Gasteiger partial charge in [-0.25, -0.2) is 8.42 Å². The van der Waals surface area contributed by atoms with Crippen molar-refractivity contribution in [1.82, 2.24) is 4.31 Å². The number of piperidine rings is 1. The van der Waals surface area contributed by atoms with Crippen molar-refractivity contribution in [3.63, 3.8) is 0 Å². The molecule has 0 saturated carbocycles. The molecule has 1 fully saturated rings. The molecular weight excluding hydrogens is 387 g/mol. The van der Waals surface area contributed by atoms with Gasteiger partial charge in [0.05, 0.1) is 0 Å². The molecule has 0 aliphatic carbocycles. The number of sulfonamides is 1. The predicted molar refractivity (Wildman–Crippen MR) is 81.2 cm³/mol. The fourth-order valence-electron chi connectivity index (χ4n) is 2.18. The van der Waals surface area contributed by atoms with Crippen LogP contribution in [-0.2, 0) is 10.0 Å². The average Bonchev–Trinajstić information content (AvgIpc) is 2.36. The SMILES string of the molecule is CCCCC(I)CC(F)(F)S(=O)(=O)N1CCCCC1. The Hall–Kier alpha value is 0.500. The highest BCUT2D eigenvalue weighted by Gasteiger charge is 2.49. The molecule has 1 aliphatic heterocycles. The van der Waals surface area contributed by atoms with E-state index in [1.165, 1.54) is 0 Å². The third kappa shape index (κ3) is 4.77. The Morgan fingerprint density at radius 2 is 1.84 bits per heavy atom. The summed E-state index contributed by atoms with van der Waals surface area (Å²) in [7, 11) is -4.49. The van der Waals surface area contributed by atoms with E-state index in [2.05, 4.69) is 0 Å². The Balaban J connectivity index is 2.68. The van der Waals surface area contributed by atoms with Gasteiger partial charge in [-0.3, -0.25) is 0 Å². The van der Waals surface area contributed by atoms with Crippen molar-refractivity contribution >= 4 is 32.6 Å². The normalized spacial score (nSPS) is 20.4. The van der Waals surface area contributed by atoms with Crippen molar-refractivity contribution in [3.8, 4) is 0 Å². The van der Waals surface area contributed by atoms with Crippen LogP contribution in [-0.4, -0.2) is 35.0 Å². The second-order valence-corrected chi connectivity index (χ2v) is 8.87. The second-order valence-electron chi connectivity index (χ2n) is 5.05. The first-order valence-corrected chi connectivity index (χ1v) is 9.51. The summed E-state index contributed by atoms with van der Waals surface area (Å²) in [6.07, 6.45) is 4.13. The minimum atomic E-state index is -4.49. The Morgan fingerprint density at radius 1 is 1.26 bits per heavy atom. The standard InChI is InChI=1S/C12H22F2INO2S/c1-2-3-7-11(15)10-12(13,14)19(17,18)16-8-5-4-6-9-16/h11H,2-10H2,1H3. The highest BCUT2D eigenvalue weighted by molar-refractivity contribution is 14.1. The van der Waals surface area contributed by atoms with Crippen LogP contribution in [0.1, 0.15) is 51.9 Å². The first-order valence-electron chi connectivity index (χ1n) is 6.83. The Kier molecular flexibility index (Phi) is 6.92. The number of alkyl halides is 3. The lowest BCUT2D eigenvalue weighted by atomic mass is 10.1. The van der Waals surface area contributed by atoms with E-state index in [0.717, 1.165) is 23.6 Å². The summed E-state index contributed by atoms with van der Waals surface area (Å²) in [5, 5.41) is -3.63. The van der Waals surface area contributed by atoms with E-state index in [4.69, 9.17) is 0 Å². The van der Waals surface area contributed by atoms with Crippen LogP contribution < -0.4 is 0 Å². The van der Waals surface area contributed by atoms with Crippen LogP contribution in [0.2, 0.25) is 0 Å². The third-order valence-corrected chi connectivity index (χ3v) is 6.39. The molecule has 0 aromatic carbocycles. The maximum Gasteiger partial charge on any atom is 0.360 e.